The van der Waals surface area contributed by atoms with Crippen LogP contribution in [0.4, 0.5) is 0 Å². The zero-order valence-electron chi connectivity index (χ0n) is 12.8. The molecule has 0 saturated heterocycles. The second-order valence-electron chi connectivity index (χ2n) is 6.16. The molecule has 0 spiro atoms. The summed E-state index contributed by atoms with van der Waals surface area (Å²) in [5, 5.41) is 0. The Bertz CT molecular complexity index is 534. The molecule has 0 fully saturated rings. The third kappa shape index (κ3) is 3.94. The van der Waals surface area contributed by atoms with E-state index >= 15 is 0 Å². The molecule has 0 aliphatic rings. The van der Waals surface area contributed by atoms with E-state index in [0.29, 0.717) is 0 Å². The van der Waals surface area contributed by atoms with E-state index in [1.165, 1.54) is 11.1 Å². The van der Waals surface area contributed by atoms with Gasteiger partial charge in [-0.1, -0.05) is 74.5 Å². The molecule has 0 aliphatic heterocycles. The molecule has 2 aromatic rings. The molecule has 0 bridgehead atoms. The number of rotatable bonds is 6. The van der Waals surface area contributed by atoms with E-state index < -0.39 is 5.41 Å². The standard InChI is InChI=1S/C19H23NO/c1-19(2,18(20)21)17(13-15-9-5-3-6-10-15)14-16-11-7-4-8-12-16/h3-12,17H,13-14H2,1-2H3,(H2,20,21). The normalized spacial score (nSPS) is 11.6. The number of amides is 1. The van der Waals surface area contributed by atoms with Crippen LogP contribution in [0.15, 0.2) is 60.7 Å². The number of carbonyl (C=O) groups is 1. The van der Waals surface area contributed by atoms with E-state index in [1.54, 1.807) is 0 Å². The third-order valence-corrected chi connectivity index (χ3v) is 4.31. The van der Waals surface area contributed by atoms with Gasteiger partial charge in [-0.05, 0) is 29.9 Å². The third-order valence-electron chi connectivity index (χ3n) is 4.31. The Hall–Kier alpha value is -2.09. The van der Waals surface area contributed by atoms with Crippen LogP contribution in [-0.2, 0) is 17.6 Å². The highest BCUT2D eigenvalue weighted by molar-refractivity contribution is 5.80. The zero-order valence-corrected chi connectivity index (χ0v) is 12.8. The number of primary amides is 1. The Morgan fingerprint density at radius 3 is 1.62 bits per heavy atom. The van der Waals surface area contributed by atoms with Gasteiger partial charge >= 0.3 is 0 Å². The van der Waals surface area contributed by atoms with Gasteiger partial charge in [0.1, 0.15) is 0 Å². The first-order chi connectivity index (χ1) is 10.00. The number of benzene rings is 2. The van der Waals surface area contributed by atoms with Crippen molar-refractivity contribution in [3.8, 4) is 0 Å². The SMILES string of the molecule is CC(C)(C(N)=O)C(Cc1ccccc1)Cc1ccccc1. The van der Waals surface area contributed by atoms with Gasteiger partial charge in [-0.15, -0.1) is 0 Å². The Kier molecular flexibility index (Phi) is 4.79. The van der Waals surface area contributed by atoms with Crippen molar-refractivity contribution in [2.45, 2.75) is 26.7 Å². The summed E-state index contributed by atoms with van der Waals surface area (Å²) in [5.74, 6) is -0.0563. The number of nitrogens with two attached hydrogens (primary N) is 1. The van der Waals surface area contributed by atoms with Gasteiger partial charge in [0.15, 0.2) is 0 Å². The number of carbonyl (C=O) groups excluding carboxylic acids is 1. The Morgan fingerprint density at radius 2 is 1.29 bits per heavy atom. The highest BCUT2D eigenvalue weighted by Crippen LogP contribution is 2.32. The minimum Gasteiger partial charge on any atom is -0.369 e. The monoisotopic (exact) mass is 281 g/mol. The maximum atomic E-state index is 11.9. The topological polar surface area (TPSA) is 43.1 Å². The molecule has 0 radical (unpaired) electrons. The molecule has 2 N–H and O–H groups in total. The van der Waals surface area contributed by atoms with E-state index in [9.17, 15) is 4.79 Å². The van der Waals surface area contributed by atoms with Gasteiger partial charge in [0, 0.05) is 5.41 Å². The van der Waals surface area contributed by atoms with Crippen LogP contribution >= 0.6 is 0 Å². The fourth-order valence-corrected chi connectivity index (χ4v) is 2.58. The molecular weight excluding hydrogens is 258 g/mol. The van der Waals surface area contributed by atoms with Crippen LogP contribution in [0.2, 0.25) is 0 Å². The van der Waals surface area contributed by atoms with Crippen LogP contribution in [0.3, 0.4) is 0 Å². The summed E-state index contributed by atoms with van der Waals surface area (Å²) in [5.41, 5.74) is 7.59. The summed E-state index contributed by atoms with van der Waals surface area (Å²) in [4.78, 5) is 11.9. The van der Waals surface area contributed by atoms with Crippen molar-refractivity contribution in [2.24, 2.45) is 17.1 Å². The second kappa shape index (κ2) is 6.57. The van der Waals surface area contributed by atoms with Crippen LogP contribution in [0, 0.1) is 11.3 Å². The molecule has 0 atom stereocenters. The molecule has 0 unspecified atom stereocenters. The van der Waals surface area contributed by atoms with E-state index in [0.717, 1.165) is 12.8 Å². The lowest BCUT2D eigenvalue weighted by atomic mass is 9.72. The van der Waals surface area contributed by atoms with E-state index in [1.807, 2.05) is 50.2 Å². The largest absolute Gasteiger partial charge is 0.369 e. The van der Waals surface area contributed by atoms with Crippen molar-refractivity contribution in [3.05, 3.63) is 71.8 Å². The van der Waals surface area contributed by atoms with Gasteiger partial charge in [0.05, 0.1) is 0 Å². The Morgan fingerprint density at radius 1 is 0.905 bits per heavy atom. The van der Waals surface area contributed by atoms with Gasteiger partial charge in [-0.2, -0.15) is 0 Å². The zero-order chi connectivity index (χ0) is 15.3. The van der Waals surface area contributed by atoms with Crippen molar-refractivity contribution in [1.82, 2.24) is 0 Å². The van der Waals surface area contributed by atoms with Crippen molar-refractivity contribution in [2.75, 3.05) is 0 Å². The summed E-state index contributed by atoms with van der Waals surface area (Å²) in [6, 6.07) is 20.6. The highest BCUT2D eigenvalue weighted by Gasteiger charge is 2.35. The summed E-state index contributed by atoms with van der Waals surface area (Å²) in [7, 11) is 0. The fourth-order valence-electron chi connectivity index (χ4n) is 2.58. The molecule has 21 heavy (non-hydrogen) atoms. The molecule has 0 aromatic heterocycles. The van der Waals surface area contributed by atoms with Gasteiger partial charge in [0.2, 0.25) is 5.91 Å². The van der Waals surface area contributed by atoms with Gasteiger partial charge in [-0.25, -0.2) is 0 Å². The lowest BCUT2D eigenvalue weighted by Gasteiger charge is -2.32. The first-order valence-electron chi connectivity index (χ1n) is 7.38. The predicted octanol–water partition coefficient (Wildman–Crippen LogP) is 3.60. The van der Waals surface area contributed by atoms with E-state index in [-0.39, 0.29) is 11.8 Å². The smallest absolute Gasteiger partial charge is 0.223 e. The van der Waals surface area contributed by atoms with Crippen molar-refractivity contribution in [3.63, 3.8) is 0 Å². The molecule has 0 heterocycles. The van der Waals surface area contributed by atoms with Crippen LogP contribution in [0.25, 0.3) is 0 Å². The lowest BCUT2D eigenvalue weighted by Crippen LogP contribution is -2.40. The second-order valence-corrected chi connectivity index (χ2v) is 6.16. The van der Waals surface area contributed by atoms with Crippen molar-refractivity contribution < 1.29 is 4.79 Å². The minimum absolute atomic E-state index is 0.180. The van der Waals surface area contributed by atoms with Crippen LogP contribution in [-0.4, -0.2) is 5.91 Å². The van der Waals surface area contributed by atoms with Crippen LogP contribution < -0.4 is 5.73 Å². The first-order valence-corrected chi connectivity index (χ1v) is 7.38. The van der Waals surface area contributed by atoms with Gasteiger partial charge in [0.25, 0.3) is 0 Å². The maximum absolute atomic E-state index is 11.9. The van der Waals surface area contributed by atoms with E-state index in [4.69, 9.17) is 5.73 Å². The molecule has 1 amide bonds. The summed E-state index contributed by atoms with van der Waals surface area (Å²) >= 11 is 0. The summed E-state index contributed by atoms with van der Waals surface area (Å²) < 4.78 is 0. The molecule has 2 nitrogen and oxygen atoms in total. The highest BCUT2D eigenvalue weighted by atomic mass is 16.1. The fraction of sp³-hybridized carbons (Fsp3) is 0.316. The van der Waals surface area contributed by atoms with E-state index in [2.05, 4.69) is 24.3 Å². The minimum atomic E-state index is -0.536. The first kappa shape index (κ1) is 15.3. The predicted molar refractivity (Wildman–Crippen MR) is 86.8 cm³/mol. The van der Waals surface area contributed by atoms with Crippen molar-refractivity contribution >= 4 is 5.91 Å². The van der Waals surface area contributed by atoms with Gasteiger partial charge in [-0.3, -0.25) is 4.79 Å². The maximum Gasteiger partial charge on any atom is 0.223 e. The van der Waals surface area contributed by atoms with Crippen LogP contribution in [0.1, 0.15) is 25.0 Å². The quantitative estimate of drug-likeness (QED) is 0.863. The van der Waals surface area contributed by atoms with Crippen molar-refractivity contribution in [1.29, 1.82) is 0 Å². The average Bonchev–Trinajstić information content (AvgIpc) is 2.48. The molecule has 2 heteroatoms. The van der Waals surface area contributed by atoms with Crippen LogP contribution in [0.5, 0.6) is 0 Å². The molecule has 0 aliphatic carbocycles. The number of hydrogen-bond acceptors (Lipinski definition) is 1. The summed E-state index contributed by atoms with van der Waals surface area (Å²) in [6.07, 6.45) is 1.71. The molecule has 110 valence electrons. The average molecular weight is 281 g/mol. The molecule has 0 saturated carbocycles. The molecule has 2 aromatic carbocycles. The Labute approximate surface area is 127 Å². The number of hydrogen-bond donors (Lipinski definition) is 1. The molecule has 2 rings (SSSR count). The van der Waals surface area contributed by atoms with Gasteiger partial charge < -0.3 is 5.73 Å². The summed E-state index contributed by atoms with van der Waals surface area (Å²) in [6.45, 7) is 3.90. The Balaban J connectivity index is 2.24. The molecular formula is C19H23NO. The lowest BCUT2D eigenvalue weighted by molar-refractivity contribution is -0.128.